The zero-order chi connectivity index (χ0) is 21.8. The number of hydrogen-bond donors (Lipinski definition) is 1. The molecule has 2 unspecified atom stereocenters. The molecule has 1 amide bonds. The first-order valence-corrected chi connectivity index (χ1v) is 11.7. The highest BCUT2D eigenvalue weighted by atomic mass is 16.1. The van der Waals surface area contributed by atoms with Crippen molar-refractivity contribution >= 4 is 11.6 Å². The average Bonchev–Trinajstić information content (AvgIpc) is 2.86. The van der Waals surface area contributed by atoms with E-state index in [4.69, 9.17) is 0 Å². The van der Waals surface area contributed by atoms with E-state index in [0.717, 1.165) is 44.6 Å². The SMILES string of the molecule is O=C(NCc1ccccc1)C1Cc2ccccc2N2CCN(CCc3ccccc3)CC12. The number of benzene rings is 3. The van der Waals surface area contributed by atoms with Crippen LogP contribution >= 0.6 is 0 Å². The Balaban J connectivity index is 1.31. The van der Waals surface area contributed by atoms with Crippen molar-refractivity contribution in [2.45, 2.75) is 25.4 Å². The van der Waals surface area contributed by atoms with Crippen LogP contribution in [0.1, 0.15) is 16.7 Å². The lowest BCUT2D eigenvalue weighted by molar-refractivity contribution is -0.126. The second-order valence-corrected chi connectivity index (χ2v) is 8.94. The highest BCUT2D eigenvalue weighted by molar-refractivity contribution is 5.82. The fourth-order valence-corrected chi connectivity index (χ4v) is 5.17. The van der Waals surface area contributed by atoms with Crippen molar-refractivity contribution in [3.8, 4) is 0 Å². The van der Waals surface area contributed by atoms with E-state index in [1.165, 1.54) is 16.8 Å². The highest BCUT2D eigenvalue weighted by Gasteiger charge is 2.41. The monoisotopic (exact) mass is 425 g/mol. The Morgan fingerprint density at radius 1 is 0.844 bits per heavy atom. The van der Waals surface area contributed by atoms with Gasteiger partial charge in [-0.25, -0.2) is 0 Å². The molecule has 0 radical (unpaired) electrons. The lowest BCUT2D eigenvalue weighted by Gasteiger charge is -2.49. The number of para-hydroxylation sites is 1. The molecule has 0 spiro atoms. The van der Waals surface area contributed by atoms with E-state index in [9.17, 15) is 4.79 Å². The van der Waals surface area contributed by atoms with Crippen LogP contribution in [0, 0.1) is 5.92 Å². The topological polar surface area (TPSA) is 35.6 Å². The van der Waals surface area contributed by atoms with E-state index in [-0.39, 0.29) is 17.9 Å². The van der Waals surface area contributed by atoms with Crippen LogP contribution in [0.5, 0.6) is 0 Å². The van der Waals surface area contributed by atoms with Gasteiger partial charge in [0.25, 0.3) is 0 Å². The van der Waals surface area contributed by atoms with Crippen LogP contribution in [-0.4, -0.2) is 43.0 Å². The molecule has 1 fully saturated rings. The van der Waals surface area contributed by atoms with Crippen LogP contribution in [0.2, 0.25) is 0 Å². The fraction of sp³-hybridized carbons (Fsp3) is 0.321. The smallest absolute Gasteiger partial charge is 0.225 e. The summed E-state index contributed by atoms with van der Waals surface area (Å²) in [6, 6.07) is 29.7. The molecule has 0 aliphatic carbocycles. The van der Waals surface area contributed by atoms with Crippen molar-refractivity contribution in [3.63, 3.8) is 0 Å². The van der Waals surface area contributed by atoms with Gasteiger partial charge in [-0.05, 0) is 35.6 Å². The second-order valence-electron chi connectivity index (χ2n) is 8.94. The molecule has 5 rings (SSSR count). The molecule has 32 heavy (non-hydrogen) atoms. The first-order chi connectivity index (χ1) is 15.8. The summed E-state index contributed by atoms with van der Waals surface area (Å²) < 4.78 is 0. The van der Waals surface area contributed by atoms with E-state index in [2.05, 4.69) is 81.8 Å². The Labute approximate surface area is 190 Å². The molecule has 4 nitrogen and oxygen atoms in total. The number of nitrogens with zero attached hydrogens (tertiary/aromatic N) is 2. The molecular weight excluding hydrogens is 394 g/mol. The van der Waals surface area contributed by atoms with Crippen molar-refractivity contribution in [2.24, 2.45) is 5.92 Å². The summed E-state index contributed by atoms with van der Waals surface area (Å²) in [6.45, 7) is 4.57. The molecule has 2 atom stereocenters. The summed E-state index contributed by atoms with van der Waals surface area (Å²) in [5.41, 5.74) is 5.12. The number of nitrogens with one attached hydrogen (secondary N) is 1. The maximum atomic E-state index is 13.4. The van der Waals surface area contributed by atoms with Crippen molar-refractivity contribution in [2.75, 3.05) is 31.1 Å². The Morgan fingerprint density at radius 2 is 1.53 bits per heavy atom. The predicted octanol–water partition coefficient (Wildman–Crippen LogP) is 3.91. The molecule has 0 saturated carbocycles. The van der Waals surface area contributed by atoms with Gasteiger partial charge in [-0.2, -0.15) is 0 Å². The fourth-order valence-electron chi connectivity index (χ4n) is 5.17. The number of anilines is 1. The molecule has 2 heterocycles. The quantitative estimate of drug-likeness (QED) is 0.651. The summed E-state index contributed by atoms with van der Waals surface area (Å²) in [5.74, 6) is 0.136. The first kappa shape index (κ1) is 20.8. The number of fused-ring (bicyclic) bond motifs is 3. The molecule has 3 aromatic carbocycles. The molecule has 0 aromatic heterocycles. The van der Waals surface area contributed by atoms with Crippen LogP contribution < -0.4 is 10.2 Å². The van der Waals surface area contributed by atoms with Gasteiger partial charge in [0, 0.05) is 38.4 Å². The third-order valence-electron chi connectivity index (χ3n) is 6.91. The summed E-state index contributed by atoms with van der Waals surface area (Å²) in [6.07, 6.45) is 1.86. The van der Waals surface area contributed by atoms with E-state index >= 15 is 0 Å². The van der Waals surface area contributed by atoms with Gasteiger partial charge in [-0.1, -0.05) is 78.9 Å². The largest absolute Gasteiger partial charge is 0.365 e. The van der Waals surface area contributed by atoms with Gasteiger partial charge < -0.3 is 10.2 Å². The van der Waals surface area contributed by atoms with Crippen LogP contribution in [0.4, 0.5) is 5.69 Å². The van der Waals surface area contributed by atoms with Gasteiger partial charge in [0.15, 0.2) is 0 Å². The molecule has 2 aliphatic heterocycles. The number of carbonyl (C=O) groups excluding carboxylic acids is 1. The zero-order valence-corrected chi connectivity index (χ0v) is 18.5. The van der Waals surface area contributed by atoms with E-state index in [1.54, 1.807) is 0 Å². The molecule has 1 saturated heterocycles. The van der Waals surface area contributed by atoms with Gasteiger partial charge in [0.05, 0.1) is 12.0 Å². The highest BCUT2D eigenvalue weighted by Crippen LogP contribution is 2.36. The summed E-state index contributed by atoms with van der Waals surface area (Å²) in [4.78, 5) is 18.4. The molecule has 2 aliphatic rings. The Kier molecular flexibility index (Phi) is 6.22. The third-order valence-corrected chi connectivity index (χ3v) is 6.91. The van der Waals surface area contributed by atoms with Gasteiger partial charge in [-0.3, -0.25) is 9.69 Å². The van der Waals surface area contributed by atoms with Gasteiger partial charge >= 0.3 is 0 Å². The van der Waals surface area contributed by atoms with Crippen molar-refractivity contribution in [3.05, 3.63) is 102 Å². The van der Waals surface area contributed by atoms with Crippen LogP contribution in [0.3, 0.4) is 0 Å². The minimum Gasteiger partial charge on any atom is -0.365 e. The minimum atomic E-state index is -0.0341. The minimum absolute atomic E-state index is 0.0341. The number of hydrogen-bond acceptors (Lipinski definition) is 3. The molecule has 164 valence electrons. The van der Waals surface area contributed by atoms with Crippen molar-refractivity contribution < 1.29 is 4.79 Å². The van der Waals surface area contributed by atoms with E-state index < -0.39 is 0 Å². The van der Waals surface area contributed by atoms with E-state index in [0.29, 0.717) is 6.54 Å². The Hall–Kier alpha value is -3.11. The maximum Gasteiger partial charge on any atom is 0.225 e. The first-order valence-electron chi connectivity index (χ1n) is 11.7. The summed E-state index contributed by atoms with van der Waals surface area (Å²) in [7, 11) is 0. The van der Waals surface area contributed by atoms with Crippen molar-refractivity contribution in [1.82, 2.24) is 10.2 Å². The summed E-state index contributed by atoms with van der Waals surface area (Å²) >= 11 is 0. The Bertz CT molecular complexity index is 1040. The molecule has 4 heteroatoms. The number of carbonyl (C=O) groups is 1. The standard InChI is InChI=1S/C28H31N3O/c32-28(29-20-23-11-5-2-6-12-23)25-19-24-13-7-8-14-26(24)31-18-17-30(21-27(25)31)16-15-22-9-3-1-4-10-22/h1-14,25,27H,15-21H2,(H,29,32). The molecule has 1 N–H and O–H groups in total. The van der Waals surface area contributed by atoms with Gasteiger partial charge in [0.2, 0.25) is 5.91 Å². The maximum absolute atomic E-state index is 13.4. The Morgan fingerprint density at radius 3 is 2.31 bits per heavy atom. The van der Waals surface area contributed by atoms with Crippen LogP contribution in [-0.2, 0) is 24.2 Å². The summed E-state index contributed by atoms with van der Waals surface area (Å²) in [5, 5.41) is 3.22. The van der Waals surface area contributed by atoms with Crippen LogP contribution in [0.25, 0.3) is 0 Å². The van der Waals surface area contributed by atoms with Gasteiger partial charge in [-0.15, -0.1) is 0 Å². The number of amides is 1. The molecule has 0 bridgehead atoms. The normalized spacial score (nSPS) is 20.3. The zero-order valence-electron chi connectivity index (χ0n) is 18.5. The number of piperazine rings is 1. The number of rotatable bonds is 6. The molecular formula is C28H31N3O. The lowest BCUT2D eigenvalue weighted by Crippen LogP contribution is -2.61. The van der Waals surface area contributed by atoms with E-state index in [1.807, 2.05) is 18.2 Å². The lowest BCUT2D eigenvalue weighted by atomic mass is 9.83. The van der Waals surface area contributed by atoms with Gasteiger partial charge in [0.1, 0.15) is 0 Å². The van der Waals surface area contributed by atoms with Crippen molar-refractivity contribution in [1.29, 1.82) is 0 Å². The predicted molar refractivity (Wildman–Crippen MR) is 130 cm³/mol. The van der Waals surface area contributed by atoms with Crippen LogP contribution in [0.15, 0.2) is 84.9 Å². The third kappa shape index (κ3) is 4.56. The molecule has 3 aromatic rings. The average molecular weight is 426 g/mol. The second kappa shape index (κ2) is 9.58.